The SMILES string of the molecule is CC(C(=O)Nn1cnnc1)n1cc([N+](=O)[O-])cn1. The van der Waals surface area contributed by atoms with E-state index in [0.717, 1.165) is 6.20 Å². The van der Waals surface area contributed by atoms with E-state index in [1.807, 2.05) is 0 Å². The summed E-state index contributed by atoms with van der Waals surface area (Å²) in [5.41, 5.74) is 2.31. The Hall–Kier alpha value is -2.78. The van der Waals surface area contributed by atoms with Crippen molar-refractivity contribution < 1.29 is 9.72 Å². The van der Waals surface area contributed by atoms with E-state index in [0.29, 0.717) is 0 Å². The van der Waals surface area contributed by atoms with E-state index < -0.39 is 16.9 Å². The molecule has 0 saturated carbocycles. The Balaban J connectivity index is 2.07. The number of hydrogen-bond donors (Lipinski definition) is 1. The van der Waals surface area contributed by atoms with Crippen molar-refractivity contribution in [3.05, 3.63) is 35.2 Å². The minimum atomic E-state index is -0.693. The molecule has 0 bridgehead atoms. The molecule has 1 N–H and O–H groups in total. The molecule has 0 aliphatic carbocycles. The number of hydrogen-bond acceptors (Lipinski definition) is 6. The first-order valence-electron chi connectivity index (χ1n) is 4.92. The predicted molar refractivity (Wildman–Crippen MR) is 58.0 cm³/mol. The van der Waals surface area contributed by atoms with Gasteiger partial charge in [-0.25, -0.2) is 4.68 Å². The standard InChI is InChI=1S/C8H9N7O3/c1-6(8(16)12-13-4-9-10-5-13)14-3-7(2-11-14)15(17)18/h2-6H,1H3,(H,12,16). The van der Waals surface area contributed by atoms with Crippen LogP contribution in [0, 0.1) is 10.1 Å². The van der Waals surface area contributed by atoms with Crippen molar-refractivity contribution in [2.24, 2.45) is 0 Å². The van der Waals surface area contributed by atoms with E-state index in [-0.39, 0.29) is 5.69 Å². The van der Waals surface area contributed by atoms with Crippen LogP contribution in [0.15, 0.2) is 25.0 Å². The predicted octanol–water partition coefficient (Wildman–Crippen LogP) is -0.286. The Bertz CT molecular complexity index is 561. The van der Waals surface area contributed by atoms with Crippen LogP contribution in [0.1, 0.15) is 13.0 Å². The monoisotopic (exact) mass is 251 g/mol. The third-order valence-electron chi connectivity index (χ3n) is 2.23. The Morgan fingerprint density at radius 2 is 2.17 bits per heavy atom. The van der Waals surface area contributed by atoms with Crippen molar-refractivity contribution in [1.29, 1.82) is 0 Å². The third kappa shape index (κ3) is 2.31. The van der Waals surface area contributed by atoms with Crippen molar-refractivity contribution in [3.63, 3.8) is 0 Å². The summed E-state index contributed by atoms with van der Waals surface area (Å²) in [5.74, 6) is -0.396. The van der Waals surface area contributed by atoms with Crippen molar-refractivity contribution in [1.82, 2.24) is 24.7 Å². The molecule has 1 amide bonds. The van der Waals surface area contributed by atoms with E-state index in [1.165, 1.54) is 28.2 Å². The van der Waals surface area contributed by atoms with Gasteiger partial charge in [-0.15, -0.1) is 10.2 Å². The lowest BCUT2D eigenvalue weighted by Crippen LogP contribution is -2.29. The number of carbonyl (C=O) groups excluding carboxylic acids is 1. The highest BCUT2D eigenvalue weighted by Gasteiger charge is 2.19. The molecule has 1 atom stereocenters. The maximum Gasteiger partial charge on any atom is 0.307 e. The molecule has 1 unspecified atom stereocenters. The summed E-state index contributed by atoms with van der Waals surface area (Å²) < 4.78 is 2.48. The van der Waals surface area contributed by atoms with Crippen LogP contribution in [0.2, 0.25) is 0 Å². The molecule has 2 heterocycles. The van der Waals surface area contributed by atoms with Crippen LogP contribution >= 0.6 is 0 Å². The Kier molecular flexibility index (Phi) is 3.00. The van der Waals surface area contributed by atoms with E-state index in [9.17, 15) is 14.9 Å². The molecule has 10 nitrogen and oxygen atoms in total. The summed E-state index contributed by atoms with van der Waals surface area (Å²) in [5, 5.41) is 21.3. The highest BCUT2D eigenvalue weighted by atomic mass is 16.6. The van der Waals surface area contributed by atoms with Crippen LogP contribution in [-0.2, 0) is 4.79 Å². The second-order valence-corrected chi connectivity index (χ2v) is 3.46. The summed E-state index contributed by atoms with van der Waals surface area (Å²) >= 11 is 0. The molecule has 0 aromatic carbocycles. The summed E-state index contributed by atoms with van der Waals surface area (Å²) in [7, 11) is 0. The van der Waals surface area contributed by atoms with Gasteiger partial charge in [-0.1, -0.05) is 0 Å². The topological polar surface area (TPSA) is 121 Å². The van der Waals surface area contributed by atoms with Crippen LogP contribution in [0.4, 0.5) is 5.69 Å². The number of nitrogens with one attached hydrogen (secondary N) is 1. The van der Waals surface area contributed by atoms with Crippen LogP contribution in [0.3, 0.4) is 0 Å². The first kappa shape index (κ1) is 11.7. The lowest BCUT2D eigenvalue weighted by atomic mass is 10.3. The molecule has 0 fully saturated rings. The first-order valence-corrected chi connectivity index (χ1v) is 4.92. The Morgan fingerprint density at radius 1 is 1.50 bits per heavy atom. The van der Waals surface area contributed by atoms with Crippen LogP contribution < -0.4 is 5.43 Å². The average molecular weight is 251 g/mol. The van der Waals surface area contributed by atoms with Crippen molar-refractivity contribution in [2.75, 3.05) is 5.43 Å². The molecule has 2 rings (SSSR count). The van der Waals surface area contributed by atoms with E-state index in [2.05, 4.69) is 20.7 Å². The van der Waals surface area contributed by atoms with Crippen LogP contribution in [-0.4, -0.2) is 35.5 Å². The summed E-state index contributed by atoms with van der Waals surface area (Å²) in [6.07, 6.45) is 4.91. The molecule has 0 spiro atoms. The van der Waals surface area contributed by atoms with Gasteiger partial charge in [-0.05, 0) is 6.92 Å². The fourth-order valence-corrected chi connectivity index (χ4v) is 1.23. The number of aromatic nitrogens is 5. The molecular formula is C8H9N7O3. The lowest BCUT2D eigenvalue weighted by molar-refractivity contribution is -0.385. The Morgan fingerprint density at radius 3 is 2.72 bits per heavy atom. The Labute approximate surface area is 100 Å². The third-order valence-corrected chi connectivity index (χ3v) is 2.23. The summed E-state index contributed by atoms with van der Waals surface area (Å²) in [6, 6.07) is -0.693. The summed E-state index contributed by atoms with van der Waals surface area (Å²) in [6.45, 7) is 1.57. The lowest BCUT2D eigenvalue weighted by Gasteiger charge is -2.11. The van der Waals surface area contributed by atoms with Crippen molar-refractivity contribution in [3.8, 4) is 0 Å². The van der Waals surface area contributed by atoms with Gasteiger partial charge < -0.3 is 0 Å². The number of nitro groups is 1. The maximum atomic E-state index is 11.8. The number of rotatable bonds is 4. The molecule has 0 saturated heterocycles. The second kappa shape index (κ2) is 4.61. The fraction of sp³-hybridized carbons (Fsp3) is 0.250. The second-order valence-electron chi connectivity index (χ2n) is 3.46. The molecule has 0 aliphatic heterocycles. The van der Waals surface area contributed by atoms with E-state index in [1.54, 1.807) is 6.92 Å². The molecule has 94 valence electrons. The van der Waals surface area contributed by atoms with Crippen LogP contribution in [0.25, 0.3) is 0 Å². The van der Waals surface area contributed by atoms with E-state index in [4.69, 9.17) is 0 Å². The number of carbonyl (C=O) groups is 1. The number of amides is 1. The van der Waals surface area contributed by atoms with Gasteiger partial charge >= 0.3 is 5.69 Å². The van der Waals surface area contributed by atoms with Crippen LogP contribution in [0.5, 0.6) is 0 Å². The van der Waals surface area contributed by atoms with Crippen molar-refractivity contribution in [2.45, 2.75) is 13.0 Å². The van der Waals surface area contributed by atoms with Crippen molar-refractivity contribution >= 4 is 11.6 Å². The molecule has 18 heavy (non-hydrogen) atoms. The average Bonchev–Trinajstić information content (AvgIpc) is 2.98. The molecule has 2 aromatic rings. The zero-order valence-electron chi connectivity index (χ0n) is 9.29. The maximum absolute atomic E-state index is 11.8. The van der Waals surface area contributed by atoms with Gasteiger partial charge in [0, 0.05) is 0 Å². The fourth-order valence-electron chi connectivity index (χ4n) is 1.23. The number of nitrogens with zero attached hydrogens (tertiary/aromatic N) is 6. The molecule has 0 radical (unpaired) electrons. The zero-order valence-corrected chi connectivity index (χ0v) is 9.29. The zero-order chi connectivity index (χ0) is 13.1. The van der Waals surface area contributed by atoms with Gasteiger partial charge in [0.1, 0.15) is 31.1 Å². The minimum absolute atomic E-state index is 0.168. The highest BCUT2D eigenvalue weighted by molar-refractivity contribution is 5.86. The smallest absolute Gasteiger partial charge is 0.271 e. The van der Waals surface area contributed by atoms with Gasteiger partial charge in [-0.2, -0.15) is 5.10 Å². The molecule has 0 aliphatic rings. The van der Waals surface area contributed by atoms with Gasteiger partial charge in [0.05, 0.1) is 4.92 Å². The minimum Gasteiger partial charge on any atom is -0.271 e. The quantitative estimate of drug-likeness (QED) is 0.588. The van der Waals surface area contributed by atoms with Gasteiger partial charge in [0.15, 0.2) is 0 Å². The van der Waals surface area contributed by atoms with Gasteiger partial charge in [0.2, 0.25) is 0 Å². The highest BCUT2D eigenvalue weighted by Crippen LogP contribution is 2.12. The molecule has 10 heteroatoms. The first-order chi connectivity index (χ1) is 8.58. The van der Waals surface area contributed by atoms with E-state index >= 15 is 0 Å². The van der Waals surface area contributed by atoms with Gasteiger partial charge in [-0.3, -0.25) is 25.0 Å². The van der Waals surface area contributed by atoms with Gasteiger partial charge in [0.25, 0.3) is 5.91 Å². The normalized spacial score (nSPS) is 12.1. The molecule has 2 aromatic heterocycles. The summed E-state index contributed by atoms with van der Waals surface area (Å²) in [4.78, 5) is 21.7. The largest absolute Gasteiger partial charge is 0.307 e. The molecular weight excluding hydrogens is 242 g/mol.